The molecule has 1 N–H and O–H groups in total. The molecule has 1 aliphatic rings. The maximum absolute atomic E-state index is 12.0. The van der Waals surface area contributed by atoms with Gasteiger partial charge in [-0.15, -0.1) is 0 Å². The molecule has 0 aliphatic carbocycles. The zero-order valence-electron chi connectivity index (χ0n) is 12.4. The Bertz CT molecular complexity index is 312. The molecule has 0 aromatic carbocycles. The highest BCUT2D eigenvalue weighted by atomic mass is 16.5. The summed E-state index contributed by atoms with van der Waals surface area (Å²) in [6, 6.07) is 0.0184. The lowest BCUT2D eigenvalue weighted by Crippen LogP contribution is -2.49. The fraction of sp³-hybridized carbons (Fsp3) is 0.857. The number of amides is 1. The van der Waals surface area contributed by atoms with Gasteiger partial charge in [-0.05, 0) is 32.7 Å². The van der Waals surface area contributed by atoms with E-state index >= 15 is 0 Å². The van der Waals surface area contributed by atoms with Gasteiger partial charge in [0.1, 0.15) is 0 Å². The van der Waals surface area contributed by atoms with Crippen molar-refractivity contribution in [1.82, 2.24) is 10.2 Å². The predicted octanol–water partition coefficient (Wildman–Crippen LogP) is 0.827. The van der Waals surface area contributed by atoms with Gasteiger partial charge in [-0.25, -0.2) is 0 Å². The first kappa shape index (κ1) is 16.1. The van der Waals surface area contributed by atoms with Crippen LogP contribution in [0.4, 0.5) is 0 Å². The second-order valence-corrected chi connectivity index (χ2v) is 5.66. The highest BCUT2D eigenvalue weighted by Crippen LogP contribution is 2.12. The van der Waals surface area contributed by atoms with E-state index in [4.69, 9.17) is 4.74 Å². The minimum Gasteiger partial charge on any atom is -0.381 e. The molecule has 1 unspecified atom stereocenters. The maximum atomic E-state index is 12.0. The molecule has 0 aromatic rings. The van der Waals surface area contributed by atoms with Crippen LogP contribution in [-0.4, -0.2) is 55.5 Å². The zero-order valence-corrected chi connectivity index (χ0v) is 12.4. The van der Waals surface area contributed by atoms with Gasteiger partial charge in [0.05, 0.1) is 12.6 Å². The third kappa shape index (κ3) is 5.28. The lowest BCUT2D eigenvalue weighted by molar-refractivity contribution is -0.128. The van der Waals surface area contributed by atoms with E-state index < -0.39 is 0 Å². The van der Waals surface area contributed by atoms with Gasteiger partial charge in [0.15, 0.2) is 5.78 Å². The normalized spacial score (nSPS) is 18.6. The van der Waals surface area contributed by atoms with Gasteiger partial charge in [0.2, 0.25) is 5.91 Å². The zero-order chi connectivity index (χ0) is 14.4. The Labute approximate surface area is 115 Å². The third-order valence-corrected chi connectivity index (χ3v) is 3.63. The monoisotopic (exact) mass is 270 g/mol. The second kappa shape index (κ2) is 7.60. The van der Waals surface area contributed by atoms with E-state index in [1.165, 1.54) is 6.92 Å². The van der Waals surface area contributed by atoms with Crippen molar-refractivity contribution < 1.29 is 14.3 Å². The van der Waals surface area contributed by atoms with Crippen molar-refractivity contribution in [2.45, 2.75) is 45.7 Å². The van der Waals surface area contributed by atoms with E-state index in [2.05, 4.69) is 10.2 Å². The number of ether oxygens (including phenoxy) is 1. The molecule has 1 heterocycles. The lowest BCUT2D eigenvalue weighted by Gasteiger charge is -2.31. The predicted molar refractivity (Wildman–Crippen MR) is 73.9 cm³/mol. The average molecular weight is 270 g/mol. The molecule has 1 rings (SSSR count). The number of likely N-dealkylation sites (N-methyl/N-ethyl adjacent to an activating group) is 1. The maximum Gasteiger partial charge on any atom is 0.234 e. The number of carbonyl (C=O) groups excluding carboxylic acids is 2. The summed E-state index contributed by atoms with van der Waals surface area (Å²) in [7, 11) is 1.95. The van der Waals surface area contributed by atoms with Crippen molar-refractivity contribution in [3.05, 3.63) is 0 Å². The van der Waals surface area contributed by atoms with Crippen molar-refractivity contribution in [3.8, 4) is 0 Å². The molecule has 0 aromatic heterocycles. The summed E-state index contributed by atoms with van der Waals surface area (Å²) in [5, 5.41) is 2.82. The Balaban J connectivity index is 2.42. The Morgan fingerprint density at radius 2 is 1.89 bits per heavy atom. The summed E-state index contributed by atoms with van der Waals surface area (Å²) < 4.78 is 5.31. The molecule has 0 bridgehead atoms. The number of Topliss-reactive ketones (excluding diaryl/α,β-unsaturated/α-hetero) is 1. The van der Waals surface area contributed by atoms with Crippen LogP contribution in [0.5, 0.6) is 0 Å². The smallest absolute Gasteiger partial charge is 0.234 e. The SMILES string of the molecule is CC(=O)C(NC(=O)CN(C)C1CCOCC1)C(C)C. The Kier molecular flexibility index (Phi) is 6.45. The number of ketones is 1. The van der Waals surface area contributed by atoms with Crippen LogP contribution in [0.3, 0.4) is 0 Å². The average Bonchev–Trinajstić information content (AvgIpc) is 2.36. The van der Waals surface area contributed by atoms with E-state index in [1.54, 1.807) is 0 Å². The molecule has 1 saturated heterocycles. The van der Waals surface area contributed by atoms with Crippen LogP contribution in [0.15, 0.2) is 0 Å². The molecule has 110 valence electrons. The standard InChI is InChI=1S/C14H26N2O3/c1-10(2)14(11(3)17)15-13(18)9-16(4)12-5-7-19-8-6-12/h10,12,14H,5-9H2,1-4H3,(H,15,18). The first-order valence-corrected chi connectivity index (χ1v) is 6.99. The van der Waals surface area contributed by atoms with E-state index in [-0.39, 0.29) is 23.7 Å². The van der Waals surface area contributed by atoms with Gasteiger partial charge in [0, 0.05) is 19.3 Å². The molecular weight excluding hydrogens is 244 g/mol. The fourth-order valence-electron chi connectivity index (χ4n) is 2.44. The minimum absolute atomic E-state index is 0.0112. The molecule has 1 amide bonds. The van der Waals surface area contributed by atoms with Gasteiger partial charge in [-0.2, -0.15) is 0 Å². The molecule has 5 heteroatoms. The van der Waals surface area contributed by atoms with Crippen molar-refractivity contribution in [2.24, 2.45) is 5.92 Å². The molecule has 0 radical (unpaired) electrons. The van der Waals surface area contributed by atoms with Gasteiger partial charge in [0.25, 0.3) is 0 Å². The number of hydrogen-bond donors (Lipinski definition) is 1. The third-order valence-electron chi connectivity index (χ3n) is 3.63. The Morgan fingerprint density at radius 1 is 1.32 bits per heavy atom. The molecule has 1 fully saturated rings. The molecule has 1 atom stereocenters. The topological polar surface area (TPSA) is 58.6 Å². The van der Waals surface area contributed by atoms with Gasteiger partial charge < -0.3 is 10.1 Å². The van der Waals surface area contributed by atoms with Gasteiger partial charge >= 0.3 is 0 Å². The van der Waals surface area contributed by atoms with Crippen LogP contribution in [0.25, 0.3) is 0 Å². The van der Waals surface area contributed by atoms with Crippen molar-refractivity contribution >= 4 is 11.7 Å². The molecule has 1 aliphatic heterocycles. The van der Waals surface area contributed by atoms with Gasteiger partial charge in [-0.3, -0.25) is 14.5 Å². The number of nitrogens with zero attached hydrogens (tertiary/aromatic N) is 1. The van der Waals surface area contributed by atoms with Crippen LogP contribution < -0.4 is 5.32 Å². The summed E-state index contributed by atoms with van der Waals surface area (Å²) in [5.74, 6) is 0.0507. The molecule has 19 heavy (non-hydrogen) atoms. The highest BCUT2D eigenvalue weighted by molar-refractivity contribution is 5.88. The highest BCUT2D eigenvalue weighted by Gasteiger charge is 2.24. The van der Waals surface area contributed by atoms with Gasteiger partial charge in [-0.1, -0.05) is 13.8 Å². The van der Waals surface area contributed by atoms with Crippen molar-refractivity contribution in [2.75, 3.05) is 26.8 Å². The fourth-order valence-corrected chi connectivity index (χ4v) is 2.44. The Hall–Kier alpha value is -0.940. The number of hydrogen-bond acceptors (Lipinski definition) is 4. The molecule has 0 saturated carbocycles. The molecule has 5 nitrogen and oxygen atoms in total. The molecule has 0 spiro atoms. The summed E-state index contributed by atoms with van der Waals surface area (Å²) in [4.78, 5) is 25.5. The Morgan fingerprint density at radius 3 is 2.37 bits per heavy atom. The quantitative estimate of drug-likeness (QED) is 0.776. The lowest BCUT2D eigenvalue weighted by atomic mass is 10.0. The van der Waals surface area contributed by atoms with Crippen LogP contribution in [0.1, 0.15) is 33.6 Å². The van der Waals surface area contributed by atoms with E-state index in [0.717, 1.165) is 26.1 Å². The van der Waals surface area contributed by atoms with Crippen LogP contribution in [0, 0.1) is 5.92 Å². The number of carbonyl (C=O) groups is 2. The first-order chi connectivity index (χ1) is 8.91. The van der Waals surface area contributed by atoms with Crippen molar-refractivity contribution in [1.29, 1.82) is 0 Å². The summed E-state index contributed by atoms with van der Waals surface area (Å²) in [6.45, 7) is 7.26. The number of nitrogens with one attached hydrogen (secondary N) is 1. The van der Waals surface area contributed by atoms with Crippen molar-refractivity contribution in [3.63, 3.8) is 0 Å². The molecular formula is C14H26N2O3. The summed E-state index contributed by atoms with van der Waals surface area (Å²) in [5.41, 5.74) is 0. The van der Waals surface area contributed by atoms with E-state index in [9.17, 15) is 9.59 Å². The van der Waals surface area contributed by atoms with E-state index in [1.807, 2.05) is 20.9 Å². The second-order valence-electron chi connectivity index (χ2n) is 5.66. The largest absolute Gasteiger partial charge is 0.381 e. The number of rotatable bonds is 6. The first-order valence-electron chi connectivity index (χ1n) is 6.99. The van der Waals surface area contributed by atoms with Crippen LogP contribution >= 0.6 is 0 Å². The van der Waals surface area contributed by atoms with Crippen LogP contribution in [0.2, 0.25) is 0 Å². The summed E-state index contributed by atoms with van der Waals surface area (Å²) in [6.07, 6.45) is 1.92. The summed E-state index contributed by atoms with van der Waals surface area (Å²) >= 11 is 0. The minimum atomic E-state index is -0.379. The van der Waals surface area contributed by atoms with E-state index in [0.29, 0.717) is 12.6 Å². The van der Waals surface area contributed by atoms with Crippen LogP contribution in [-0.2, 0) is 14.3 Å².